The van der Waals surface area contributed by atoms with Crippen molar-refractivity contribution < 1.29 is 14.3 Å². The second-order valence-electron chi connectivity index (χ2n) is 5.49. The van der Waals surface area contributed by atoms with E-state index in [2.05, 4.69) is 20.6 Å². The van der Waals surface area contributed by atoms with Gasteiger partial charge in [0, 0.05) is 31.2 Å². The average Bonchev–Trinajstić information content (AvgIpc) is 3.14. The van der Waals surface area contributed by atoms with Gasteiger partial charge in [-0.15, -0.1) is 0 Å². The first kappa shape index (κ1) is 16.2. The Morgan fingerprint density at radius 2 is 2.04 bits per heavy atom. The molecular formula is C17H20N4O3. The molecule has 24 heavy (non-hydrogen) atoms. The van der Waals surface area contributed by atoms with Gasteiger partial charge in [0.1, 0.15) is 5.75 Å². The summed E-state index contributed by atoms with van der Waals surface area (Å²) in [6.45, 7) is 1.50. The summed E-state index contributed by atoms with van der Waals surface area (Å²) in [5.41, 5.74) is 1.08. The molecule has 1 saturated heterocycles. The molecule has 3 rings (SSSR count). The maximum atomic E-state index is 12.2. The van der Waals surface area contributed by atoms with Gasteiger partial charge in [0.2, 0.25) is 5.95 Å². The van der Waals surface area contributed by atoms with Crippen LogP contribution in [-0.2, 0) is 4.74 Å². The van der Waals surface area contributed by atoms with Gasteiger partial charge in [0.05, 0.1) is 18.8 Å². The van der Waals surface area contributed by atoms with E-state index in [1.807, 2.05) is 0 Å². The fourth-order valence-electron chi connectivity index (χ4n) is 2.42. The van der Waals surface area contributed by atoms with Crippen molar-refractivity contribution in [3.05, 3.63) is 42.2 Å². The Kier molecular flexibility index (Phi) is 5.22. The zero-order valence-corrected chi connectivity index (χ0v) is 13.5. The van der Waals surface area contributed by atoms with Crippen molar-refractivity contribution >= 4 is 17.5 Å². The number of ether oxygens (including phenoxy) is 2. The number of amides is 1. The monoisotopic (exact) mass is 328 g/mol. The van der Waals surface area contributed by atoms with Gasteiger partial charge in [0.25, 0.3) is 5.91 Å². The molecule has 1 atom stereocenters. The zero-order chi connectivity index (χ0) is 16.8. The van der Waals surface area contributed by atoms with Crippen molar-refractivity contribution in [3.63, 3.8) is 0 Å². The number of rotatable bonds is 6. The fraction of sp³-hybridized carbons (Fsp3) is 0.353. The van der Waals surface area contributed by atoms with Crippen LogP contribution >= 0.6 is 0 Å². The van der Waals surface area contributed by atoms with Crippen molar-refractivity contribution in [2.75, 3.05) is 30.9 Å². The highest BCUT2D eigenvalue weighted by molar-refractivity contribution is 6.03. The molecule has 0 aliphatic carbocycles. The summed E-state index contributed by atoms with van der Waals surface area (Å²) >= 11 is 0. The largest absolute Gasteiger partial charge is 0.497 e. The van der Waals surface area contributed by atoms with Gasteiger partial charge < -0.3 is 20.1 Å². The highest BCUT2D eigenvalue weighted by atomic mass is 16.5. The molecule has 0 radical (unpaired) electrons. The first-order valence-corrected chi connectivity index (χ1v) is 7.87. The van der Waals surface area contributed by atoms with Crippen molar-refractivity contribution in [2.45, 2.75) is 18.9 Å². The minimum atomic E-state index is -0.258. The van der Waals surface area contributed by atoms with E-state index in [-0.39, 0.29) is 12.0 Å². The molecule has 7 nitrogen and oxygen atoms in total. The topological polar surface area (TPSA) is 85.4 Å². The van der Waals surface area contributed by atoms with Crippen LogP contribution in [0.3, 0.4) is 0 Å². The molecule has 0 bridgehead atoms. The molecule has 1 aromatic carbocycles. The fourth-order valence-corrected chi connectivity index (χ4v) is 2.42. The number of hydrogen-bond acceptors (Lipinski definition) is 6. The molecule has 126 valence electrons. The van der Waals surface area contributed by atoms with Gasteiger partial charge in [-0.25, -0.2) is 9.97 Å². The summed E-state index contributed by atoms with van der Waals surface area (Å²) < 4.78 is 10.6. The van der Waals surface area contributed by atoms with E-state index in [1.165, 1.54) is 12.4 Å². The Morgan fingerprint density at radius 1 is 1.29 bits per heavy atom. The molecule has 1 aliphatic rings. The SMILES string of the molecule is COc1ccc(NC(=O)c2cnc(NCC3CCCO3)nc2)cc1. The minimum Gasteiger partial charge on any atom is -0.497 e. The minimum absolute atomic E-state index is 0.214. The smallest absolute Gasteiger partial charge is 0.258 e. The number of carbonyl (C=O) groups excluding carboxylic acids is 1. The molecule has 7 heteroatoms. The van der Waals surface area contributed by atoms with Gasteiger partial charge in [-0.3, -0.25) is 4.79 Å². The number of benzene rings is 1. The van der Waals surface area contributed by atoms with Crippen molar-refractivity contribution in [1.82, 2.24) is 9.97 Å². The molecule has 1 aromatic heterocycles. The van der Waals surface area contributed by atoms with Crippen LogP contribution in [0.5, 0.6) is 5.75 Å². The van der Waals surface area contributed by atoms with Gasteiger partial charge in [-0.2, -0.15) is 0 Å². The lowest BCUT2D eigenvalue weighted by Crippen LogP contribution is -2.20. The van der Waals surface area contributed by atoms with Gasteiger partial charge >= 0.3 is 0 Å². The van der Waals surface area contributed by atoms with Crippen molar-refractivity contribution in [2.24, 2.45) is 0 Å². The highest BCUT2D eigenvalue weighted by Crippen LogP contribution is 2.16. The van der Waals surface area contributed by atoms with E-state index in [4.69, 9.17) is 9.47 Å². The van der Waals surface area contributed by atoms with E-state index in [9.17, 15) is 4.79 Å². The van der Waals surface area contributed by atoms with Gasteiger partial charge in [0.15, 0.2) is 0 Å². The second kappa shape index (κ2) is 7.74. The lowest BCUT2D eigenvalue weighted by Gasteiger charge is -2.10. The molecule has 0 saturated carbocycles. The summed E-state index contributed by atoms with van der Waals surface area (Å²) in [6, 6.07) is 7.11. The maximum absolute atomic E-state index is 12.2. The molecule has 1 amide bonds. The lowest BCUT2D eigenvalue weighted by atomic mass is 10.2. The zero-order valence-electron chi connectivity index (χ0n) is 13.5. The average molecular weight is 328 g/mol. The first-order chi connectivity index (χ1) is 11.7. The number of hydrogen-bond donors (Lipinski definition) is 2. The Balaban J connectivity index is 1.54. The van der Waals surface area contributed by atoms with Crippen LogP contribution in [0.25, 0.3) is 0 Å². The van der Waals surface area contributed by atoms with E-state index < -0.39 is 0 Å². The highest BCUT2D eigenvalue weighted by Gasteiger charge is 2.15. The summed E-state index contributed by atoms with van der Waals surface area (Å²) in [5, 5.41) is 5.91. The summed E-state index contributed by atoms with van der Waals surface area (Å²) in [7, 11) is 1.60. The van der Waals surface area contributed by atoms with Gasteiger partial charge in [-0.05, 0) is 37.1 Å². The third-order valence-electron chi connectivity index (χ3n) is 3.77. The molecule has 1 unspecified atom stereocenters. The van der Waals surface area contributed by atoms with Crippen molar-refractivity contribution in [1.29, 1.82) is 0 Å². The number of aromatic nitrogens is 2. The number of carbonyl (C=O) groups is 1. The molecule has 1 aliphatic heterocycles. The predicted octanol–water partition coefficient (Wildman–Crippen LogP) is 2.33. The summed E-state index contributed by atoms with van der Waals surface area (Å²) in [6.07, 6.45) is 5.37. The van der Waals surface area contributed by atoms with E-state index in [0.717, 1.165) is 25.2 Å². The van der Waals surface area contributed by atoms with Crippen LogP contribution < -0.4 is 15.4 Å². The van der Waals surface area contributed by atoms with Crippen LogP contribution in [-0.4, -0.2) is 42.2 Å². The Morgan fingerprint density at radius 3 is 2.67 bits per heavy atom. The number of anilines is 2. The van der Waals surface area contributed by atoms with E-state index in [1.54, 1.807) is 31.4 Å². The van der Waals surface area contributed by atoms with Crippen LogP contribution in [0.2, 0.25) is 0 Å². The van der Waals surface area contributed by atoms with Crippen molar-refractivity contribution in [3.8, 4) is 5.75 Å². The number of nitrogens with one attached hydrogen (secondary N) is 2. The first-order valence-electron chi connectivity index (χ1n) is 7.87. The molecule has 2 aromatic rings. The Labute approximate surface area is 140 Å². The summed E-state index contributed by atoms with van der Waals surface area (Å²) in [5.74, 6) is 0.968. The van der Waals surface area contributed by atoms with Crippen LogP contribution in [0.1, 0.15) is 23.2 Å². The van der Waals surface area contributed by atoms with Crippen LogP contribution in [0, 0.1) is 0 Å². The van der Waals surface area contributed by atoms with E-state index in [0.29, 0.717) is 23.7 Å². The standard InChI is InChI=1S/C17H20N4O3/c1-23-14-6-4-13(5-7-14)21-16(22)12-9-18-17(19-10-12)20-11-15-3-2-8-24-15/h4-7,9-10,15H,2-3,8,11H2,1H3,(H,21,22)(H,18,19,20). The van der Waals surface area contributed by atoms with E-state index >= 15 is 0 Å². The quantitative estimate of drug-likeness (QED) is 0.846. The van der Waals surface area contributed by atoms with Crippen LogP contribution in [0.15, 0.2) is 36.7 Å². The maximum Gasteiger partial charge on any atom is 0.258 e. The predicted molar refractivity (Wildman–Crippen MR) is 90.4 cm³/mol. The Bertz CT molecular complexity index is 667. The molecule has 2 N–H and O–H groups in total. The molecule has 0 spiro atoms. The lowest BCUT2D eigenvalue weighted by molar-refractivity contribution is 0.102. The number of nitrogens with zero attached hydrogens (tertiary/aromatic N) is 2. The van der Waals surface area contributed by atoms with Gasteiger partial charge in [-0.1, -0.05) is 0 Å². The third-order valence-corrected chi connectivity index (χ3v) is 3.77. The number of methoxy groups -OCH3 is 1. The normalized spacial score (nSPS) is 16.6. The van der Waals surface area contributed by atoms with Crippen LogP contribution in [0.4, 0.5) is 11.6 Å². The molecule has 2 heterocycles. The molecule has 1 fully saturated rings. The summed E-state index contributed by atoms with van der Waals surface area (Å²) in [4.78, 5) is 20.5. The Hall–Kier alpha value is -2.67. The molecular weight excluding hydrogens is 308 g/mol. The second-order valence-corrected chi connectivity index (χ2v) is 5.49. The third kappa shape index (κ3) is 4.20.